The Morgan fingerprint density at radius 2 is 2.07 bits per heavy atom. The molecule has 1 aliphatic rings. The number of carbonyl (C=O) groups is 1. The highest BCUT2D eigenvalue weighted by molar-refractivity contribution is 5.67. The van der Waals surface area contributed by atoms with Crippen LogP contribution in [0.4, 0.5) is 0 Å². The molecular weight excluding hydrogens is 184 g/mol. The lowest BCUT2D eigenvalue weighted by Crippen LogP contribution is -2.46. The summed E-state index contributed by atoms with van der Waals surface area (Å²) < 4.78 is 0. The average Bonchev–Trinajstić information content (AvgIpc) is 2.29. The topological polar surface area (TPSA) is 77.8 Å². The van der Waals surface area contributed by atoms with E-state index in [1.807, 2.05) is 13.8 Å². The zero-order valence-electron chi connectivity index (χ0n) is 8.66. The average molecular weight is 202 g/mol. The lowest BCUT2D eigenvalue weighted by Gasteiger charge is -2.38. The molecule has 1 rings (SSSR count). The Labute approximate surface area is 83.6 Å². The molecule has 4 nitrogen and oxygen atoms in total. The van der Waals surface area contributed by atoms with E-state index >= 15 is 0 Å². The van der Waals surface area contributed by atoms with Crippen LogP contribution in [0.15, 0.2) is 0 Å². The minimum Gasteiger partial charge on any atom is -0.481 e. The lowest BCUT2D eigenvalue weighted by atomic mass is 9.72. The van der Waals surface area contributed by atoms with Gasteiger partial charge in [-0.05, 0) is 24.2 Å². The minimum absolute atomic E-state index is 0.0582. The van der Waals surface area contributed by atoms with E-state index in [2.05, 4.69) is 0 Å². The first kappa shape index (κ1) is 11.5. The molecular formula is C10H18O4. The van der Waals surface area contributed by atoms with Gasteiger partial charge in [0.25, 0.3) is 0 Å². The molecule has 0 spiro atoms. The van der Waals surface area contributed by atoms with Gasteiger partial charge in [0.05, 0.1) is 12.2 Å². The summed E-state index contributed by atoms with van der Waals surface area (Å²) in [6.45, 7) is 3.35. The molecule has 0 saturated heterocycles. The Balaban J connectivity index is 2.80. The van der Waals surface area contributed by atoms with Gasteiger partial charge in [-0.25, -0.2) is 0 Å². The van der Waals surface area contributed by atoms with Crippen molar-refractivity contribution in [3.05, 3.63) is 0 Å². The van der Waals surface area contributed by atoms with Gasteiger partial charge in [0.15, 0.2) is 0 Å². The fourth-order valence-corrected chi connectivity index (χ4v) is 2.33. The maximum atomic E-state index is 10.6. The van der Waals surface area contributed by atoms with Crippen molar-refractivity contribution in [1.29, 1.82) is 0 Å². The molecule has 0 aliphatic heterocycles. The Morgan fingerprint density at radius 1 is 1.50 bits per heavy atom. The predicted molar refractivity (Wildman–Crippen MR) is 50.8 cm³/mol. The number of rotatable bonds is 3. The lowest BCUT2D eigenvalue weighted by molar-refractivity contribution is -0.141. The highest BCUT2D eigenvalue weighted by Gasteiger charge is 2.53. The Kier molecular flexibility index (Phi) is 2.88. The quantitative estimate of drug-likeness (QED) is 0.627. The molecule has 4 heteroatoms. The second kappa shape index (κ2) is 3.51. The second-order valence-electron chi connectivity index (χ2n) is 4.74. The van der Waals surface area contributed by atoms with Gasteiger partial charge in [-0.15, -0.1) is 0 Å². The smallest absolute Gasteiger partial charge is 0.303 e. The fraction of sp³-hybridized carbons (Fsp3) is 0.900. The maximum Gasteiger partial charge on any atom is 0.303 e. The first-order chi connectivity index (χ1) is 6.33. The van der Waals surface area contributed by atoms with Gasteiger partial charge in [-0.1, -0.05) is 13.8 Å². The van der Waals surface area contributed by atoms with Gasteiger partial charge >= 0.3 is 5.97 Å². The van der Waals surface area contributed by atoms with Crippen LogP contribution < -0.4 is 0 Å². The maximum absolute atomic E-state index is 10.6. The molecule has 0 heterocycles. The van der Waals surface area contributed by atoms with E-state index in [-0.39, 0.29) is 18.9 Å². The SMILES string of the molecule is CC1(C)[C@H](CC(=O)O)CCC1(O)CO. The van der Waals surface area contributed by atoms with Crippen molar-refractivity contribution in [1.82, 2.24) is 0 Å². The van der Waals surface area contributed by atoms with Crippen molar-refractivity contribution in [2.45, 2.75) is 38.7 Å². The molecule has 2 atom stereocenters. The van der Waals surface area contributed by atoms with Crippen LogP contribution in [0, 0.1) is 11.3 Å². The number of carboxylic acids is 1. The number of hydrogen-bond acceptors (Lipinski definition) is 3. The molecule has 1 unspecified atom stereocenters. The van der Waals surface area contributed by atoms with Crippen LogP contribution >= 0.6 is 0 Å². The molecule has 0 aromatic rings. The molecule has 0 aromatic heterocycles. The van der Waals surface area contributed by atoms with Crippen LogP contribution in [0.3, 0.4) is 0 Å². The summed E-state index contributed by atoms with van der Waals surface area (Å²) in [6, 6.07) is 0. The summed E-state index contributed by atoms with van der Waals surface area (Å²) in [5.74, 6) is -0.901. The minimum atomic E-state index is -1.12. The Hall–Kier alpha value is -0.610. The molecule has 82 valence electrons. The summed E-state index contributed by atoms with van der Waals surface area (Å²) in [7, 11) is 0. The molecule has 0 amide bonds. The van der Waals surface area contributed by atoms with Gasteiger partial charge in [-0.2, -0.15) is 0 Å². The van der Waals surface area contributed by atoms with E-state index in [1.54, 1.807) is 0 Å². The summed E-state index contributed by atoms with van der Waals surface area (Å²) in [5, 5.41) is 27.9. The largest absolute Gasteiger partial charge is 0.481 e. The number of aliphatic hydroxyl groups excluding tert-OH is 1. The van der Waals surface area contributed by atoms with E-state index in [1.165, 1.54) is 0 Å². The first-order valence-corrected chi connectivity index (χ1v) is 4.88. The Morgan fingerprint density at radius 3 is 2.43 bits per heavy atom. The zero-order valence-corrected chi connectivity index (χ0v) is 8.66. The molecule has 0 radical (unpaired) electrons. The molecule has 1 fully saturated rings. The van der Waals surface area contributed by atoms with Crippen molar-refractivity contribution >= 4 is 5.97 Å². The summed E-state index contributed by atoms with van der Waals surface area (Å²) in [6.07, 6.45) is 1.21. The van der Waals surface area contributed by atoms with E-state index < -0.39 is 17.0 Å². The van der Waals surface area contributed by atoms with Gasteiger partial charge in [0, 0.05) is 6.42 Å². The highest BCUT2D eigenvalue weighted by Crippen LogP contribution is 2.51. The van der Waals surface area contributed by atoms with Crippen LogP contribution in [-0.4, -0.2) is 33.5 Å². The molecule has 1 saturated carbocycles. The normalized spacial score (nSPS) is 35.9. The van der Waals surface area contributed by atoms with Crippen molar-refractivity contribution in [2.75, 3.05) is 6.61 Å². The zero-order chi connectivity index (χ0) is 11.0. The third-order valence-electron chi connectivity index (χ3n) is 3.81. The van der Waals surface area contributed by atoms with Gasteiger partial charge in [-0.3, -0.25) is 4.79 Å². The van der Waals surface area contributed by atoms with Gasteiger partial charge in [0.1, 0.15) is 0 Å². The fourth-order valence-electron chi connectivity index (χ4n) is 2.33. The molecule has 14 heavy (non-hydrogen) atoms. The van der Waals surface area contributed by atoms with E-state index in [0.29, 0.717) is 12.8 Å². The monoisotopic (exact) mass is 202 g/mol. The number of aliphatic carboxylic acids is 1. The van der Waals surface area contributed by atoms with E-state index in [9.17, 15) is 9.90 Å². The summed E-state index contributed by atoms with van der Waals surface area (Å²) >= 11 is 0. The molecule has 0 bridgehead atoms. The van der Waals surface area contributed by atoms with E-state index in [4.69, 9.17) is 10.2 Å². The van der Waals surface area contributed by atoms with Crippen LogP contribution in [0.2, 0.25) is 0 Å². The van der Waals surface area contributed by atoms with Gasteiger partial charge in [0.2, 0.25) is 0 Å². The van der Waals surface area contributed by atoms with Crippen LogP contribution in [-0.2, 0) is 4.79 Å². The first-order valence-electron chi connectivity index (χ1n) is 4.88. The second-order valence-corrected chi connectivity index (χ2v) is 4.74. The van der Waals surface area contributed by atoms with Crippen LogP contribution in [0.25, 0.3) is 0 Å². The van der Waals surface area contributed by atoms with Crippen LogP contribution in [0.1, 0.15) is 33.1 Å². The summed E-state index contributed by atoms with van der Waals surface area (Å²) in [5.41, 5.74) is -1.65. The van der Waals surface area contributed by atoms with E-state index in [0.717, 1.165) is 0 Å². The predicted octanol–water partition coefficient (Wildman–Crippen LogP) is 0.621. The van der Waals surface area contributed by atoms with Crippen LogP contribution in [0.5, 0.6) is 0 Å². The summed E-state index contributed by atoms with van der Waals surface area (Å²) in [4.78, 5) is 10.6. The molecule has 0 aromatic carbocycles. The Bertz CT molecular complexity index is 236. The van der Waals surface area contributed by atoms with Crippen molar-refractivity contribution in [3.8, 4) is 0 Å². The van der Waals surface area contributed by atoms with Crippen molar-refractivity contribution in [3.63, 3.8) is 0 Å². The number of hydrogen-bond donors (Lipinski definition) is 3. The third-order valence-corrected chi connectivity index (χ3v) is 3.81. The van der Waals surface area contributed by atoms with Gasteiger partial charge < -0.3 is 15.3 Å². The standard InChI is InChI=1S/C10H18O4/c1-9(2)7(5-8(12)13)3-4-10(9,14)6-11/h7,11,14H,3-6H2,1-2H3,(H,12,13)/t7-,10?/m0/s1. The van der Waals surface area contributed by atoms with Crippen molar-refractivity contribution in [2.24, 2.45) is 11.3 Å². The third kappa shape index (κ3) is 1.64. The molecule has 1 aliphatic carbocycles. The molecule has 3 N–H and O–H groups in total. The number of carboxylic acid groups (broad SMARTS) is 1. The van der Waals surface area contributed by atoms with Crippen molar-refractivity contribution < 1.29 is 20.1 Å². The highest BCUT2D eigenvalue weighted by atomic mass is 16.4. The number of aliphatic hydroxyl groups is 2.